The number of rotatable bonds is 8. The first-order chi connectivity index (χ1) is 15.9. The molecule has 2 N–H and O–H groups in total. The number of carbonyl (C=O) groups excluding carboxylic acids is 1. The lowest BCUT2D eigenvalue weighted by Gasteiger charge is -2.17. The van der Waals surface area contributed by atoms with Crippen molar-refractivity contribution in [3.63, 3.8) is 0 Å². The van der Waals surface area contributed by atoms with Gasteiger partial charge in [-0.05, 0) is 60.9 Å². The molecule has 0 saturated heterocycles. The molecule has 1 aromatic heterocycles. The number of nitrogens with one attached hydrogen (secondary N) is 1. The second-order valence-corrected chi connectivity index (χ2v) is 8.02. The van der Waals surface area contributed by atoms with Crippen molar-refractivity contribution >= 4 is 28.5 Å². The van der Waals surface area contributed by atoms with Crippen LogP contribution in [0.4, 0.5) is 10.1 Å². The van der Waals surface area contributed by atoms with Gasteiger partial charge in [-0.15, -0.1) is 0 Å². The van der Waals surface area contributed by atoms with Crippen LogP contribution in [0.15, 0.2) is 77.2 Å². The van der Waals surface area contributed by atoms with Gasteiger partial charge >= 0.3 is 5.97 Å². The molecule has 4 aromatic rings. The zero-order valence-electron chi connectivity index (χ0n) is 18.2. The van der Waals surface area contributed by atoms with E-state index in [1.165, 1.54) is 18.2 Å². The van der Waals surface area contributed by atoms with E-state index in [-0.39, 0.29) is 23.1 Å². The van der Waals surface area contributed by atoms with E-state index >= 15 is 0 Å². The molecular weight excluding hydrogens is 421 g/mol. The maximum atomic E-state index is 14.8. The summed E-state index contributed by atoms with van der Waals surface area (Å²) in [5.74, 6) is -1.61. The standard InChI is InChI=1S/C27H24FNO4/c1-2-5-21(14-17-8-10-18(11-9-17)27(31)32)26(30)29-23-13-12-20(15-22(23)28)25-16-19-6-3-4-7-24(19)33-25/h3-4,6-13,15-16,21H,2,5,14H2,1H3,(H,29,30)(H,31,32). The normalized spacial score (nSPS) is 11.9. The Balaban J connectivity index is 1.48. The number of furan rings is 1. The average molecular weight is 445 g/mol. The van der Waals surface area contributed by atoms with Crippen LogP contribution in [0.2, 0.25) is 0 Å². The molecule has 0 aliphatic heterocycles. The lowest BCUT2D eigenvalue weighted by Crippen LogP contribution is -2.25. The lowest BCUT2D eigenvalue weighted by atomic mass is 9.93. The smallest absolute Gasteiger partial charge is 0.335 e. The summed E-state index contributed by atoms with van der Waals surface area (Å²) in [6, 6.07) is 20.5. The second-order valence-electron chi connectivity index (χ2n) is 8.02. The Labute approximate surface area is 190 Å². The van der Waals surface area contributed by atoms with E-state index in [4.69, 9.17) is 9.52 Å². The fraction of sp³-hybridized carbons (Fsp3) is 0.185. The molecular formula is C27H24FNO4. The number of halogens is 1. The summed E-state index contributed by atoms with van der Waals surface area (Å²) in [4.78, 5) is 24.0. The van der Waals surface area contributed by atoms with E-state index in [2.05, 4.69) is 5.32 Å². The van der Waals surface area contributed by atoms with Gasteiger partial charge in [-0.1, -0.05) is 43.7 Å². The Morgan fingerprint density at radius 2 is 1.79 bits per heavy atom. The molecule has 1 heterocycles. The summed E-state index contributed by atoms with van der Waals surface area (Å²) >= 11 is 0. The molecule has 3 aromatic carbocycles. The van der Waals surface area contributed by atoms with Gasteiger partial charge in [0.1, 0.15) is 17.2 Å². The molecule has 1 unspecified atom stereocenters. The molecule has 0 radical (unpaired) electrons. The van der Waals surface area contributed by atoms with Gasteiger partial charge in [-0.3, -0.25) is 4.79 Å². The van der Waals surface area contributed by atoms with Gasteiger partial charge in [0, 0.05) is 16.9 Å². The zero-order valence-corrected chi connectivity index (χ0v) is 18.2. The molecule has 4 rings (SSSR count). The maximum absolute atomic E-state index is 14.8. The number of carboxylic acid groups (broad SMARTS) is 1. The largest absolute Gasteiger partial charge is 0.478 e. The molecule has 0 saturated carbocycles. The highest BCUT2D eigenvalue weighted by Crippen LogP contribution is 2.30. The fourth-order valence-corrected chi connectivity index (χ4v) is 3.87. The summed E-state index contributed by atoms with van der Waals surface area (Å²) in [6.45, 7) is 1.98. The quantitative estimate of drug-likeness (QED) is 0.323. The predicted molar refractivity (Wildman–Crippen MR) is 126 cm³/mol. The minimum absolute atomic E-state index is 0.113. The van der Waals surface area contributed by atoms with Crippen LogP contribution < -0.4 is 5.32 Å². The number of benzene rings is 3. The summed E-state index contributed by atoms with van der Waals surface area (Å²) in [5, 5.41) is 12.7. The Hall–Kier alpha value is -3.93. The summed E-state index contributed by atoms with van der Waals surface area (Å²) < 4.78 is 20.6. The van der Waals surface area contributed by atoms with Gasteiger partial charge < -0.3 is 14.8 Å². The molecule has 6 heteroatoms. The first kappa shape index (κ1) is 22.3. The van der Waals surface area contributed by atoms with Crippen molar-refractivity contribution in [2.75, 3.05) is 5.32 Å². The second kappa shape index (κ2) is 9.69. The third kappa shape index (κ3) is 5.12. The van der Waals surface area contributed by atoms with E-state index in [9.17, 15) is 14.0 Å². The van der Waals surface area contributed by atoms with E-state index in [1.54, 1.807) is 24.3 Å². The monoisotopic (exact) mass is 445 g/mol. The molecule has 0 spiro atoms. The first-order valence-electron chi connectivity index (χ1n) is 10.9. The fourth-order valence-electron chi connectivity index (χ4n) is 3.87. The highest BCUT2D eigenvalue weighted by molar-refractivity contribution is 5.93. The highest BCUT2D eigenvalue weighted by Gasteiger charge is 2.20. The van der Waals surface area contributed by atoms with Crippen molar-refractivity contribution in [1.82, 2.24) is 0 Å². The van der Waals surface area contributed by atoms with Crippen LogP contribution in [0.3, 0.4) is 0 Å². The van der Waals surface area contributed by atoms with Crippen molar-refractivity contribution in [2.45, 2.75) is 26.2 Å². The number of para-hydroxylation sites is 1. The maximum Gasteiger partial charge on any atom is 0.335 e. The van der Waals surface area contributed by atoms with Crippen LogP contribution in [0, 0.1) is 11.7 Å². The van der Waals surface area contributed by atoms with Crippen molar-refractivity contribution in [3.05, 3.63) is 89.7 Å². The van der Waals surface area contributed by atoms with Crippen molar-refractivity contribution in [2.24, 2.45) is 5.92 Å². The van der Waals surface area contributed by atoms with E-state index in [0.717, 1.165) is 23.0 Å². The van der Waals surface area contributed by atoms with Gasteiger partial charge in [0.2, 0.25) is 5.91 Å². The van der Waals surface area contributed by atoms with Crippen molar-refractivity contribution in [3.8, 4) is 11.3 Å². The number of aromatic carboxylic acids is 1. The molecule has 1 atom stereocenters. The Morgan fingerprint density at radius 1 is 1.03 bits per heavy atom. The molecule has 0 aliphatic rings. The van der Waals surface area contributed by atoms with Crippen LogP contribution >= 0.6 is 0 Å². The molecule has 33 heavy (non-hydrogen) atoms. The molecule has 0 fully saturated rings. The SMILES string of the molecule is CCCC(Cc1ccc(C(=O)O)cc1)C(=O)Nc1ccc(-c2cc3ccccc3o2)cc1F. The minimum atomic E-state index is -0.994. The van der Waals surface area contributed by atoms with Crippen molar-refractivity contribution in [1.29, 1.82) is 0 Å². The summed E-state index contributed by atoms with van der Waals surface area (Å²) in [6.07, 6.45) is 1.86. The highest BCUT2D eigenvalue weighted by atomic mass is 19.1. The van der Waals surface area contributed by atoms with E-state index < -0.39 is 11.8 Å². The average Bonchev–Trinajstić information content (AvgIpc) is 3.25. The number of fused-ring (bicyclic) bond motifs is 1. The predicted octanol–water partition coefficient (Wildman–Crippen LogP) is 6.53. The molecule has 5 nitrogen and oxygen atoms in total. The Kier molecular flexibility index (Phi) is 6.54. The molecule has 0 bridgehead atoms. The Morgan fingerprint density at radius 3 is 2.45 bits per heavy atom. The van der Waals surface area contributed by atoms with Crippen LogP contribution in [0.25, 0.3) is 22.3 Å². The minimum Gasteiger partial charge on any atom is -0.478 e. The van der Waals surface area contributed by atoms with Crippen LogP contribution in [-0.2, 0) is 11.2 Å². The first-order valence-corrected chi connectivity index (χ1v) is 10.9. The van der Waals surface area contributed by atoms with Gasteiger partial charge in [0.05, 0.1) is 11.3 Å². The summed E-state index contributed by atoms with van der Waals surface area (Å²) in [7, 11) is 0. The van der Waals surface area contributed by atoms with E-state index in [0.29, 0.717) is 24.2 Å². The van der Waals surface area contributed by atoms with Crippen molar-refractivity contribution < 1.29 is 23.5 Å². The molecule has 1 amide bonds. The number of carbonyl (C=O) groups is 2. The van der Waals surface area contributed by atoms with Gasteiger partial charge in [0.15, 0.2) is 0 Å². The molecule has 0 aliphatic carbocycles. The number of carboxylic acids is 1. The van der Waals surface area contributed by atoms with E-state index in [1.807, 2.05) is 37.3 Å². The number of hydrogen-bond donors (Lipinski definition) is 2. The number of hydrogen-bond acceptors (Lipinski definition) is 3. The van der Waals surface area contributed by atoms with Crippen LogP contribution in [0.1, 0.15) is 35.7 Å². The third-order valence-electron chi connectivity index (χ3n) is 5.63. The topological polar surface area (TPSA) is 79.5 Å². The lowest BCUT2D eigenvalue weighted by molar-refractivity contribution is -0.120. The van der Waals surface area contributed by atoms with Crippen LogP contribution in [0.5, 0.6) is 0 Å². The summed E-state index contributed by atoms with van der Waals surface area (Å²) in [5.41, 5.74) is 2.48. The molecule has 168 valence electrons. The van der Waals surface area contributed by atoms with Crippen LogP contribution in [-0.4, -0.2) is 17.0 Å². The van der Waals surface area contributed by atoms with Gasteiger partial charge in [-0.25, -0.2) is 9.18 Å². The van der Waals surface area contributed by atoms with Gasteiger partial charge in [0.25, 0.3) is 0 Å². The third-order valence-corrected chi connectivity index (χ3v) is 5.63. The number of amides is 1. The Bertz CT molecular complexity index is 1260. The number of anilines is 1. The van der Waals surface area contributed by atoms with Gasteiger partial charge in [-0.2, -0.15) is 0 Å². The zero-order chi connectivity index (χ0) is 23.4.